The Morgan fingerprint density at radius 1 is 1.13 bits per heavy atom. The highest BCUT2D eigenvalue weighted by molar-refractivity contribution is 5.76. The van der Waals surface area contributed by atoms with Crippen molar-refractivity contribution in [3.8, 4) is 0 Å². The van der Waals surface area contributed by atoms with E-state index < -0.39 is 0 Å². The van der Waals surface area contributed by atoms with E-state index in [4.69, 9.17) is 0 Å². The molecule has 0 bridgehead atoms. The number of carbonyl (C=O) groups excluding carboxylic acids is 2. The van der Waals surface area contributed by atoms with Gasteiger partial charge in [-0.2, -0.15) is 0 Å². The number of rotatable bonds is 9. The molecule has 2 aliphatic rings. The minimum Gasteiger partial charge on any atom is -0.355 e. The Labute approximate surface area is 183 Å². The quantitative estimate of drug-likeness (QED) is 0.500. The van der Waals surface area contributed by atoms with Gasteiger partial charge in [-0.1, -0.05) is 44.8 Å². The number of hydrogen-bond acceptors (Lipinski definition) is 3. The van der Waals surface area contributed by atoms with E-state index in [2.05, 4.69) is 47.7 Å². The lowest BCUT2D eigenvalue weighted by atomic mass is 9.70. The molecule has 30 heavy (non-hydrogen) atoms. The maximum absolute atomic E-state index is 12.4. The van der Waals surface area contributed by atoms with Crippen LogP contribution in [0, 0.1) is 23.7 Å². The SMILES string of the molecule is CC1=C[C@@H](CNC(=O)NC2CCCCC2)[C@H](C(C)C)C[C@H]1CC(=O)NCCN(C)C. The van der Waals surface area contributed by atoms with Gasteiger partial charge < -0.3 is 20.9 Å². The number of urea groups is 1. The van der Waals surface area contributed by atoms with Gasteiger partial charge >= 0.3 is 6.03 Å². The van der Waals surface area contributed by atoms with E-state index in [1.165, 1.54) is 24.8 Å². The Bertz CT molecular complexity index is 582. The van der Waals surface area contributed by atoms with Crippen LogP contribution in [0.3, 0.4) is 0 Å². The molecule has 3 atom stereocenters. The summed E-state index contributed by atoms with van der Waals surface area (Å²) >= 11 is 0. The minimum atomic E-state index is -0.0298. The molecule has 0 aliphatic heterocycles. The molecule has 0 saturated heterocycles. The predicted octanol–water partition coefficient (Wildman–Crippen LogP) is 3.54. The molecule has 0 aromatic heterocycles. The molecule has 0 unspecified atom stereocenters. The van der Waals surface area contributed by atoms with Crippen LogP contribution >= 0.6 is 0 Å². The molecule has 1 saturated carbocycles. The van der Waals surface area contributed by atoms with E-state index in [-0.39, 0.29) is 11.9 Å². The van der Waals surface area contributed by atoms with Crippen molar-refractivity contribution in [1.82, 2.24) is 20.9 Å². The molecule has 0 radical (unpaired) electrons. The fraction of sp³-hybridized carbons (Fsp3) is 0.833. The van der Waals surface area contributed by atoms with Crippen LogP contribution in [0.2, 0.25) is 0 Å². The van der Waals surface area contributed by atoms with Crippen LogP contribution in [0.4, 0.5) is 4.79 Å². The van der Waals surface area contributed by atoms with Gasteiger partial charge in [0.25, 0.3) is 0 Å². The Hall–Kier alpha value is -1.56. The molecule has 0 aromatic carbocycles. The summed E-state index contributed by atoms with van der Waals surface area (Å²) in [6, 6.07) is 0.302. The summed E-state index contributed by atoms with van der Waals surface area (Å²) in [6.07, 6.45) is 9.80. The lowest BCUT2D eigenvalue weighted by Gasteiger charge is -2.37. The number of allylic oxidation sites excluding steroid dienone is 1. The highest BCUT2D eigenvalue weighted by Gasteiger charge is 2.32. The minimum absolute atomic E-state index is 0.0298. The summed E-state index contributed by atoms with van der Waals surface area (Å²) in [5.74, 6) is 1.75. The van der Waals surface area contributed by atoms with E-state index in [0.717, 1.165) is 25.8 Å². The van der Waals surface area contributed by atoms with Gasteiger partial charge in [0.05, 0.1) is 0 Å². The summed E-state index contributed by atoms with van der Waals surface area (Å²) < 4.78 is 0. The Morgan fingerprint density at radius 3 is 2.47 bits per heavy atom. The van der Waals surface area contributed by atoms with Crippen LogP contribution in [0.5, 0.6) is 0 Å². The van der Waals surface area contributed by atoms with E-state index in [1.807, 2.05) is 14.1 Å². The summed E-state index contributed by atoms with van der Waals surface area (Å²) in [7, 11) is 4.02. The normalized spacial score (nSPS) is 25.2. The predicted molar refractivity (Wildman–Crippen MR) is 123 cm³/mol. The number of hydrogen-bond donors (Lipinski definition) is 3. The molecular weight excluding hydrogens is 376 g/mol. The highest BCUT2D eigenvalue weighted by Crippen LogP contribution is 2.38. The molecule has 0 spiro atoms. The zero-order valence-corrected chi connectivity index (χ0v) is 19.8. The summed E-state index contributed by atoms with van der Waals surface area (Å²) in [6.45, 7) is 8.86. The number of nitrogens with one attached hydrogen (secondary N) is 3. The smallest absolute Gasteiger partial charge is 0.315 e. The highest BCUT2D eigenvalue weighted by atomic mass is 16.2. The zero-order valence-electron chi connectivity index (χ0n) is 19.8. The van der Waals surface area contributed by atoms with Gasteiger partial charge in [-0.25, -0.2) is 4.79 Å². The molecule has 172 valence electrons. The van der Waals surface area contributed by atoms with Crippen molar-refractivity contribution in [1.29, 1.82) is 0 Å². The average molecular weight is 421 g/mol. The molecule has 6 nitrogen and oxygen atoms in total. The van der Waals surface area contributed by atoms with Crippen LogP contribution < -0.4 is 16.0 Å². The molecule has 3 N–H and O–H groups in total. The monoisotopic (exact) mass is 420 g/mol. The van der Waals surface area contributed by atoms with Crippen LogP contribution in [-0.2, 0) is 4.79 Å². The first kappa shape index (κ1) is 24.7. The van der Waals surface area contributed by atoms with Crippen LogP contribution in [0.15, 0.2) is 11.6 Å². The van der Waals surface area contributed by atoms with Crippen molar-refractivity contribution in [3.05, 3.63) is 11.6 Å². The Kier molecular flexibility index (Phi) is 10.2. The van der Waals surface area contributed by atoms with Crippen molar-refractivity contribution in [2.24, 2.45) is 23.7 Å². The molecule has 0 aromatic rings. The first-order valence-corrected chi connectivity index (χ1v) is 11.9. The third-order valence-corrected chi connectivity index (χ3v) is 6.84. The van der Waals surface area contributed by atoms with Gasteiger partial charge in [0.15, 0.2) is 0 Å². The number of nitrogens with zero attached hydrogens (tertiary/aromatic N) is 1. The zero-order chi connectivity index (χ0) is 22.1. The fourth-order valence-corrected chi connectivity index (χ4v) is 4.92. The number of amides is 3. The number of carbonyl (C=O) groups is 2. The second-order valence-electron chi connectivity index (χ2n) is 9.96. The Balaban J connectivity index is 1.86. The molecule has 0 heterocycles. The van der Waals surface area contributed by atoms with E-state index in [0.29, 0.717) is 49.2 Å². The fourth-order valence-electron chi connectivity index (χ4n) is 4.92. The molecule has 2 rings (SSSR count). The van der Waals surface area contributed by atoms with Gasteiger partial charge in [0.2, 0.25) is 5.91 Å². The maximum atomic E-state index is 12.4. The van der Waals surface area contributed by atoms with Gasteiger partial charge in [0.1, 0.15) is 0 Å². The van der Waals surface area contributed by atoms with Crippen LogP contribution in [-0.4, -0.2) is 56.6 Å². The third kappa shape index (κ3) is 8.29. The van der Waals surface area contributed by atoms with Crippen molar-refractivity contribution >= 4 is 11.9 Å². The van der Waals surface area contributed by atoms with Crippen molar-refractivity contribution in [2.45, 2.75) is 71.8 Å². The Morgan fingerprint density at radius 2 is 1.83 bits per heavy atom. The maximum Gasteiger partial charge on any atom is 0.315 e. The second kappa shape index (κ2) is 12.3. The molecule has 2 aliphatic carbocycles. The van der Waals surface area contributed by atoms with Gasteiger partial charge in [-0.3, -0.25) is 4.79 Å². The lowest BCUT2D eigenvalue weighted by Crippen LogP contribution is -2.45. The second-order valence-corrected chi connectivity index (χ2v) is 9.96. The molecule has 3 amide bonds. The molecular formula is C24H44N4O2. The molecule has 6 heteroatoms. The first-order valence-electron chi connectivity index (χ1n) is 11.9. The first-order chi connectivity index (χ1) is 14.3. The van der Waals surface area contributed by atoms with E-state index in [9.17, 15) is 9.59 Å². The standard InChI is InChI=1S/C24H44N4O2/c1-17(2)22-14-19(15-23(29)25-11-12-28(4)5)18(3)13-20(22)16-26-24(30)27-21-9-7-6-8-10-21/h13,17,19-22H,6-12,14-16H2,1-5H3,(H,25,29)(H2,26,27,30)/t19-,20-,22-/m0/s1. The van der Waals surface area contributed by atoms with Gasteiger partial charge in [-0.15, -0.1) is 0 Å². The summed E-state index contributed by atoms with van der Waals surface area (Å²) in [4.78, 5) is 26.8. The average Bonchev–Trinajstić information content (AvgIpc) is 2.68. The van der Waals surface area contributed by atoms with E-state index in [1.54, 1.807) is 0 Å². The lowest BCUT2D eigenvalue weighted by molar-refractivity contribution is -0.122. The van der Waals surface area contributed by atoms with Gasteiger partial charge in [0, 0.05) is 32.1 Å². The topological polar surface area (TPSA) is 73.5 Å². The van der Waals surface area contributed by atoms with Crippen LogP contribution in [0.1, 0.15) is 65.7 Å². The largest absolute Gasteiger partial charge is 0.355 e. The summed E-state index contributed by atoms with van der Waals surface area (Å²) in [5.41, 5.74) is 1.29. The van der Waals surface area contributed by atoms with E-state index >= 15 is 0 Å². The van der Waals surface area contributed by atoms with Crippen molar-refractivity contribution < 1.29 is 9.59 Å². The van der Waals surface area contributed by atoms with Crippen molar-refractivity contribution in [3.63, 3.8) is 0 Å². The number of likely N-dealkylation sites (N-methyl/N-ethyl adjacent to an activating group) is 1. The third-order valence-electron chi connectivity index (χ3n) is 6.84. The summed E-state index contributed by atoms with van der Waals surface area (Å²) in [5, 5.41) is 9.31. The molecule has 1 fully saturated rings. The van der Waals surface area contributed by atoms with Crippen molar-refractivity contribution in [2.75, 3.05) is 33.7 Å². The van der Waals surface area contributed by atoms with Gasteiger partial charge in [-0.05, 0) is 64.0 Å². The van der Waals surface area contributed by atoms with Crippen LogP contribution in [0.25, 0.3) is 0 Å².